The first-order valence-corrected chi connectivity index (χ1v) is 8.12. The molecule has 5 heteroatoms. The van der Waals surface area contributed by atoms with Crippen LogP contribution in [0.5, 0.6) is 0 Å². The Hall–Kier alpha value is -1.49. The molecule has 0 aliphatic heterocycles. The summed E-state index contributed by atoms with van der Waals surface area (Å²) in [7, 11) is 0. The molecule has 2 aromatic rings. The molecule has 1 fully saturated rings. The fraction of sp³-hybridized carbons (Fsp3) is 0.438. The van der Waals surface area contributed by atoms with E-state index in [0.717, 1.165) is 27.0 Å². The Labute approximate surface area is 133 Å². The van der Waals surface area contributed by atoms with Crippen molar-refractivity contribution in [3.05, 3.63) is 33.6 Å². The molecule has 0 atom stereocenters. The Bertz CT molecular complexity index is 678. The molecule has 1 aliphatic rings. The maximum absolute atomic E-state index is 6.08. The van der Waals surface area contributed by atoms with Crippen LogP contribution in [0.15, 0.2) is 16.7 Å². The van der Waals surface area contributed by atoms with Gasteiger partial charge in [0, 0.05) is 12.1 Å². The number of hydrogen-bond donors (Lipinski definition) is 1. The van der Waals surface area contributed by atoms with E-state index in [1.807, 2.05) is 20.0 Å². The number of rotatable bonds is 2. The maximum atomic E-state index is 6.08. The number of anilines is 1. The third kappa shape index (κ3) is 2.79. The lowest BCUT2D eigenvalue weighted by atomic mass is 10.0. The molecule has 21 heavy (non-hydrogen) atoms. The summed E-state index contributed by atoms with van der Waals surface area (Å²) < 4.78 is 0.850. The molecule has 0 spiro atoms. The molecule has 3 rings (SSSR count). The minimum absolute atomic E-state index is 0.481. The second-order valence-corrected chi connectivity index (χ2v) is 6.58. The summed E-state index contributed by atoms with van der Waals surface area (Å²) in [5.74, 6) is 1.62. The number of pyridine rings is 1. The molecule has 0 amide bonds. The van der Waals surface area contributed by atoms with Crippen LogP contribution in [0, 0.1) is 13.8 Å². The molecular weight excluding hydrogens is 328 g/mol. The smallest absolute Gasteiger partial charge is 0.180 e. The summed E-state index contributed by atoms with van der Waals surface area (Å²) in [6.07, 6.45) is 6.72. The van der Waals surface area contributed by atoms with Crippen molar-refractivity contribution >= 4 is 21.7 Å². The second-order valence-electron chi connectivity index (χ2n) is 5.79. The molecule has 0 unspecified atom stereocenters. The van der Waals surface area contributed by atoms with Gasteiger partial charge in [-0.3, -0.25) is 4.98 Å². The van der Waals surface area contributed by atoms with Gasteiger partial charge in [-0.15, -0.1) is 0 Å². The van der Waals surface area contributed by atoms with Crippen molar-refractivity contribution < 1.29 is 0 Å². The van der Waals surface area contributed by atoms with Gasteiger partial charge in [0.2, 0.25) is 0 Å². The zero-order valence-electron chi connectivity index (χ0n) is 12.4. The van der Waals surface area contributed by atoms with Crippen molar-refractivity contribution in [2.45, 2.75) is 45.4 Å². The van der Waals surface area contributed by atoms with E-state index in [1.165, 1.54) is 25.7 Å². The van der Waals surface area contributed by atoms with Gasteiger partial charge in [0.1, 0.15) is 11.5 Å². The quantitative estimate of drug-likeness (QED) is 0.886. The van der Waals surface area contributed by atoms with Crippen molar-refractivity contribution in [3.63, 3.8) is 0 Å². The van der Waals surface area contributed by atoms with Crippen molar-refractivity contribution in [2.24, 2.45) is 0 Å². The van der Waals surface area contributed by atoms with E-state index in [0.29, 0.717) is 17.6 Å². The highest BCUT2D eigenvalue weighted by molar-refractivity contribution is 9.10. The zero-order chi connectivity index (χ0) is 15.0. The van der Waals surface area contributed by atoms with Crippen LogP contribution in [0.4, 0.5) is 5.82 Å². The van der Waals surface area contributed by atoms with Gasteiger partial charge in [-0.05, 0) is 53.7 Å². The molecule has 2 heterocycles. The highest BCUT2D eigenvalue weighted by atomic mass is 79.9. The normalized spacial score (nSPS) is 15.6. The summed E-state index contributed by atoms with van der Waals surface area (Å²) in [5, 5.41) is 0. The van der Waals surface area contributed by atoms with Crippen LogP contribution >= 0.6 is 15.9 Å². The highest BCUT2D eigenvalue weighted by Gasteiger charge is 2.24. The van der Waals surface area contributed by atoms with E-state index < -0.39 is 0 Å². The van der Waals surface area contributed by atoms with Gasteiger partial charge >= 0.3 is 0 Å². The molecule has 0 aromatic carbocycles. The molecule has 4 nitrogen and oxygen atoms in total. The number of aromatic nitrogens is 3. The number of nitrogens with zero attached hydrogens (tertiary/aromatic N) is 3. The van der Waals surface area contributed by atoms with Crippen molar-refractivity contribution in [1.82, 2.24) is 15.0 Å². The average Bonchev–Trinajstić information content (AvgIpc) is 2.96. The Morgan fingerprint density at radius 1 is 1.19 bits per heavy atom. The third-order valence-electron chi connectivity index (χ3n) is 4.07. The van der Waals surface area contributed by atoms with Gasteiger partial charge in [0.15, 0.2) is 5.82 Å². The number of aryl methyl sites for hydroxylation is 2. The van der Waals surface area contributed by atoms with Gasteiger partial charge in [-0.25, -0.2) is 9.97 Å². The van der Waals surface area contributed by atoms with Crippen LogP contribution in [-0.2, 0) is 0 Å². The topological polar surface area (TPSA) is 64.7 Å². The fourth-order valence-electron chi connectivity index (χ4n) is 3.01. The molecule has 2 N–H and O–H groups in total. The van der Waals surface area contributed by atoms with Crippen molar-refractivity contribution in [3.8, 4) is 11.5 Å². The van der Waals surface area contributed by atoms with Crippen molar-refractivity contribution in [2.75, 3.05) is 5.73 Å². The number of halogens is 1. The first-order valence-electron chi connectivity index (χ1n) is 7.33. The summed E-state index contributed by atoms with van der Waals surface area (Å²) in [5.41, 5.74) is 10.2. The monoisotopic (exact) mass is 346 g/mol. The Morgan fingerprint density at radius 3 is 2.57 bits per heavy atom. The Kier molecular flexibility index (Phi) is 3.93. The van der Waals surface area contributed by atoms with E-state index >= 15 is 0 Å². The predicted octanol–water partition coefficient (Wildman–Crippen LogP) is 4.16. The molecule has 0 saturated heterocycles. The summed E-state index contributed by atoms with van der Waals surface area (Å²) in [6.45, 7) is 4.07. The fourth-order valence-corrected chi connectivity index (χ4v) is 3.51. The van der Waals surface area contributed by atoms with E-state index in [2.05, 4.69) is 32.0 Å². The van der Waals surface area contributed by atoms with E-state index in [4.69, 9.17) is 10.7 Å². The Balaban J connectivity index is 2.10. The van der Waals surface area contributed by atoms with Crippen LogP contribution in [-0.4, -0.2) is 15.0 Å². The first kappa shape index (κ1) is 14.4. The van der Waals surface area contributed by atoms with Crippen LogP contribution < -0.4 is 5.73 Å². The number of nitrogens with two attached hydrogens (primary N) is 1. The van der Waals surface area contributed by atoms with Crippen LogP contribution in [0.2, 0.25) is 0 Å². The van der Waals surface area contributed by atoms with Crippen LogP contribution in [0.3, 0.4) is 0 Å². The Morgan fingerprint density at radius 2 is 1.90 bits per heavy atom. The van der Waals surface area contributed by atoms with Crippen LogP contribution in [0.25, 0.3) is 11.5 Å². The molecule has 0 bridgehead atoms. The molecular formula is C16H19BrN4. The summed E-state index contributed by atoms with van der Waals surface area (Å²) in [6, 6.07) is 2.10. The molecule has 1 aliphatic carbocycles. The van der Waals surface area contributed by atoms with Crippen molar-refractivity contribution in [1.29, 1.82) is 0 Å². The largest absolute Gasteiger partial charge is 0.383 e. The zero-order valence-corrected chi connectivity index (χ0v) is 13.9. The van der Waals surface area contributed by atoms with Gasteiger partial charge in [0.25, 0.3) is 0 Å². The van der Waals surface area contributed by atoms with Gasteiger partial charge in [0.05, 0.1) is 10.2 Å². The second kappa shape index (κ2) is 5.72. The summed E-state index contributed by atoms with van der Waals surface area (Å²) in [4.78, 5) is 13.7. The molecule has 2 aromatic heterocycles. The third-order valence-corrected chi connectivity index (χ3v) is 4.88. The maximum Gasteiger partial charge on any atom is 0.180 e. The van der Waals surface area contributed by atoms with Crippen LogP contribution in [0.1, 0.15) is 48.4 Å². The number of nitrogen functional groups attached to an aromatic ring is 1. The minimum Gasteiger partial charge on any atom is -0.383 e. The van der Waals surface area contributed by atoms with E-state index in [1.54, 1.807) is 0 Å². The SMILES string of the molecule is Cc1cnc(-c2nc(N)c(Br)c(C3CCCC3)n2)c(C)c1. The molecule has 0 radical (unpaired) electrons. The average molecular weight is 347 g/mol. The standard InChI is InChI=1S/C16H19BrN4/c1-9-7-10(2)13(19-8-9)16-20-14(11-5-3-4-6-11)12(17)15(18)21-16/h7-8,11H,3-6H2,1-2H3,(H2,18,20,21). The van der Waals surface area contributed by atoms with Gasteiger partial charge in [-0.1, -0.05) is 18.9 Å². The first-order chi connectivity index (χ1) is 10.1. The highest BCUT2D eigenvalue weighted by Crippen LogP contribution is 2.39. The summed E-state index contributed by atoms with van der Waals surface area (Å²) >= 11 is 3.56. The number of hydrogen-bond acceptors (Lipinski definition) is 4. The minimum atomic E-state index is 0.481. The lowest BCUT2D eigenvalue weighted by Gasteiger charge is -2.14. The predicted molar refractivity (Wildman–Crippen MR) is 88.1 cm³/mol. The molecule has 110 valence electrons. The van der Waals surface area contributed by atoms with E-state index in [-0.39, 0.29) is 0 Å². The lowest BCUT2D eigenvalue weighted by molar-refractivity contribution is 0.691. The van der Waals surface area contributed by atoms with Gasteiger partial charge < -0.3 is 5.73 Å². The lowest BCUT2D eigenvalue weighted by Crippen LogP contribution is -2.07. The van der Waals surface area contributed by atoms with Gasteiger partial charge in [-0.2, -0.15) is 0 Å². The molecule has 1 saturated carbocycles. The van der Waals surface area contributed by atoms with E-state index in [9.17, 15) is 0 Å².